The maximum atomic E-state index is 5.68. The Morgan fingerprint density at radius 1 is 1.26 bits per heavy atom. The fraction of sp³-hybridized carbons (Fsp3) is 0.462. The molecule has 1 unspecified atom stereocenters. The van der Waals surface area contributed by atoms with Gasteiger partial charge in [-0.3, -0.25) is 0 Å². The lowest BCUT2D eigenvalue weighted by Gasteiger charge is -2.21. The molecule has 0 saturated carbocycles. The molecule has 19 heavy (non-hydrogen) atoms. The summed E-state index contributed by atoms with van der Waals surface area (Å²) in [4.78, 5) is 1.63. The Bertz CT molecular complexity index is 534. The van der Waals surface area contributed by atoms with Crippen molar-refractivity contribution in [3.63, 3.8) is 0 Å². The molecule has 1 atom stereocenters. The molecule has 0 aliphatic carbocycles. The van der Waals surface area contributed by atoms with Crippen LogP contribution < -0.4 is 0 Å². The third kappa shape index (κ3) is 3.19. The fourth-order valence-electron chi connectivity index (χ4n) is 2.17. The highest BCUT2D eigenvalue weighted by molar-refractivity contribution is 9.10. The highest BCUT2D eigenvalue weighted by Gasteiger charge is 2.16. The molecule has 1 fully saturated rings. The molecule has 5 nitrogen and oxygen atoms in total. The van der Waals surface area contributed by atoms with Crippen LogP contribution in [-0.4, -0.2) is 32.9 Å². The first-order valence-corrected chi connectivity index (χ1v) is 7.26. The van der Waals surface area contributed by atoms with Crippen LogP contribution in [0.5, 0.6) is 0 Å². The lowest BCUT2D eigenvalue weighted by atomic mass is 10.1. The van der Waals surface area contributed by atoms with Crippen molar-refractivity contribution in [2.75, 3.05) is 6.61 Å². The maximum Gasteiger partial charge on any atom is 0.204 e. The van der Waals surface area contributed by atoms with Crippen molar-refractivity contribution in [3.05, 3.63) is 28.7 Å². The van der Waals surface area contributed by atoms with Crippen molar-refractivity contribution >= 4 is 15.9 Å². The largest absolute Gasteiger partial charge is 0.376 e. The number of hydrogen-bond donors (Lipinski definition) is 0. The molecule has 1 saturated heterocycles. The van der Waals surface area contributed by atoms with E-state index in [1.165, 1.54) is 6.42 Å². The number of halogens is 1. The van der Waals surface area contributed by atoms with Gasteiger partial charge in [-0.1, -0.05) is 15.9 Å². The Morgan fingerprint density at radius 2 is 2.11 bits per heavy atom. The molecule has 1 aromatic heterocycles. The third-order valence-electron chi connectivity index (χ3n) is 3.20. The van der Waals surface area contributed by atoms with Crippen molar-refractivity contribution in [1.29, 1.82) is 0 Å². The van der Waals surface area contributed by atoms with E-state index in [0.29, 0.717) is 12.4 Å². The Hall–Kier alpha value is -1.27. The summed E-state index contributed by atoms with van der Waals surface area (Å²) in [5.74, 6) is 0.656. The molecule has 0 spiro atoms. The topological polar surface area (TPSA) is 52.8 Å². The van der Waals surface area contributed by atoms with E-state index in [4.69, 9.17) is 4.74 Å². The van der Waals surface area contributed by atoms with E-state index in [9.17, 15) is 0 Å². The Balaban J connectivity index is 1.70. The van der Waals surface area contributed by atoms with Gasteiger partial charge in [0.05, 0.1) is 12.6 Å². The zero-order valence-electron chi connectivity index (χ0n) is 10.5. The summed E-state index contributed by atoms with van der Waals surface area (Å²) in [7, 11) is 0. The minimum Gasteiger partial charge on any atom is -0.376 e. The van der Waals surface area contributed by atoms with Crippen LogP contribution >= 0.6 is 15.9 Å². The van der Waals surface area contributed by atoms with Crippen LogP contribution in [0.2, 0.25) is 0 Å². The Labute approximate surface area is 120 Å². The summed E-state index contributed by atoms with van der Waals surface area (Å²) in [6, 6.07) is 7.89. The molecule has 0 radical (unpaired) electrons. The molecule has 2 heterocycles. The van der Waals surface area contributed by atoms with Gasteiger partial charge in [-0.05, 0) is 48.7 Å². The monoisotopic (exact) mass is 322 g/mol. The minimum absolute atomic E-state index is 0.223. The maximum absolute atomic E-state index is 5.68. The molecule has 6 heteroatoms. The van der Waals surface area contributed by atoms with E-state index in [1.807, 2.05) is 24.3 Å². The second-order valence-corrected chi connectivity index (χ2v) is 5.58. The molecular weight excluding hydrogens is 308 g/mol. The molecule has 1 aromatic carbocycles. The van der Waals surface area contributed by atoms with Crippen LogP contribution in [0.15, 0.2) is 28.7 Å². The summed E-state index contributed by atoms with van der Waals surface area (Å²) in [6.45, 7) is 1.53. The number of aromatic nitrogens is 4. The van der Waals surface area contributed by atoms with Gasteiger partial charge in [0.15, 0.2) is 0 Å². The molecular formula is C13H15BrN4O. The lowest BCUT2D eigenvalue weighted by molar-refractivity contribution is 0.00133. The van der Waals surface area contributed by atoms with Gasteiger partial charge in [0, 0.05) is 16.6 Å². The zero-order valence-corrected chi connectivity index (χ0v) is 12.1. The highest BCUT2D eigenvalue weighted by atomic mass is 79.9. The van der Waals surface area contributed by atoms with Gasteiger partial charge in [-0.2, -0.15) is 4.80 Å². The number of rotatable bonds is 3. The lowest BCUT2D eigenvalue weighted by Crippen LogP contribution is -2.25. The second kappa shape index (κ2) is 5.79. The second-order valence-electron chi connectivity index (χ2n) is 4.66. The van der Waals surface area contributed by atoms with Crippen molar-refractivity contribution in [2.24, 2.45) is 0 Å². The smallest absolute Gasteiger partial charge is 0.204 e. The standard InChI is InChI=1S/C13H15BrN4O/c14-11-6-4-10(5-7-11)13-15-17-18(16-13)9-12-3-1-2-8-19-12/h4-7,12H,1-3,8-9H2. The molecule has 3 rings (SSSR count). The van der Waals surface area contributed by atoms with Crippen LogP contribution in [0.25, 0.3) is 11.4 Å². The average Bonchev–Trinajstić information content (AvgIpc) is 2.89. The third-order valence-corrected chi connectivity index (χ3v) is 3.72. The van der Waals surface area contributed by atoms with E-state index in [2.05, 4.69) is 31.3 Å². The molecule has 1 aliphatic rings. The minimum atomic E-state index is 0.223. The number of tetrazole rings is 1. The SMILES string of the molecule is Brc1ccc(-c2nnn(CC3CCCCO3)n2)cc1. The Morgan fingerprint density at radius 3 is 2.84 bits per heavy atom. The van der Waals surface area contributed by atoms with Crippen molar-refractivity contribution < 1.29 is 4.74 Å². The number of benzene rings is 1. The van der Waals surface area contributed by atoms with Crippen LogP contribution in [0.4, 0.5) is 0 Å². The normalized spacial score (nSPS) is 19.5. The molecule has 0 N–H and O–H groups in total. The predicted octanol–water partition coefficient (Wildman–Crippen LogP) is 2.67. The molecule has 100 valence electrons. The van der Waals surface area contributed by atoms with Crippen molar-refractivity contribution in [1.82, 2.24) is 20.2 Å². The molecule has 0 bridgehead atoms. The number of hydrogen-bond acceptors (Lipinski definition) is 4. The number of nitrogens with zero attached hydrogens (tertiary/aromatic N) is 4. The van der Waals surface area contributed by atoms with Crippen LogP contribution in [0.3, 0.4) is 0 Å². The first kappa shape index (κ1) is 12.7. The van der Waals surface area contributed by atoms with Gasteiger partial charge in [0.1, 0.15) is 0 Å². The first-order valence-electron chi connectivity index (χ1n) is 6.46. The van der Waals surface area contributed by atoms with Gasteiger partial charge >= 0.3 is 0 Å². The fourth-order valence-corrected chi connectivity index (χ4v) is 2.43. The Kier molecular flexibility index (Phi) is 3.89. The van der Waals surface area contributed by atoms with E-state index in [-0.39, 0.29) is 6.10 Å². The average molecular weight is 323 g/mol. The predicted molar refractivity (Wildman–Crippen MR) is 74.5 cm³/mol. The number of ether oxygens (including phenoxy) is 1. The molecule has 0 amide bonds. The van der Waals surface area contributed by atoms with E-state index in [0.717, 1.165) is 29.5 Å². The summed E-state index contributed by atoms with van der Waals surface area (Å²) in [6.07, 6.45) is 3.68. The van der Waals surface area contributed by atoms with Gasteiger partial charge in [0.2, 0.25) is 5.82 Å². The van der Waals surface area contributed by atoms with Gasteiger partial charge in [-0.25, -0.2) is 0 Å². The van der Waals surface area contributed by atoms with Gasteiger partial charge in [0.25, 0.3) is 0 Å². The van der Waals surface area contributed by atoms with Crippen LogP contribution in [0, 0.1) is 0 Å². The van der Waals surface area contributed by atoms with E-state index in [1.54, 1.807) is 4.80 Å². The molecule has 2 aromatic rings. The quantitative estimate of drug-likeness (QED) is 0.871. The zero-order chi connectivity index (χ0) is 13.1. The van der Waals surface area contributed by atoms with E-state index >= 15 is 0 Å². The molecule has 1 aliphatic heterocycles. The van der Waals surface area contributed by atoms with Crippen LogP contribution in [0.1, 0.15) is 19.3 Å². The van der Waals surface area contributed by atoms with Crippen molar-refractivity contribution in [2.45, 2.75) is 31.9 Å². The van der Waals surface area contributed by atoms with Crippen molar-refractivity contribution in [3.8, 4) is 11.4 Å². The summed E-state index contributed by atoms with van der Waals surface area (Å²) < 4.78 is 6.72. The van der Waals surface area contributed by atoms with Crippen LogP contribution in [-0.2, 0) is 11.3 Å². The first-order chi connectivity index (χ1) is 9.31. The summed E-state index contributed by atoms with van der Waals surface area (Å²) >= 11 is 3.41. The summed E-state index contributed by atoms with van der Waals surface area (Å²) in [5, 5.41) is 12.6. The summed E-state index contributed by atoms with van der Waals surface area (Å²) in [5.41, 5.74) is 0.971. The highest BCUT2D eigenvalue weighted by Crippen LogP contribution is 2.18. The van der Waals surface area contributed by atoms with Gasteiger partial charge in [-0.15, -0.1) is 10.2 Å². The van der Waals surface area contributed by atoms with E-state index < -0.39 is 0 Å². The van der Waals surface area contributed by atoms with Gasteiger partial charge < -0.3 is 4.74 Å².